The molecule has 0 atom stereocenters. The molecule has 0 aliphatic carbocycles. The van der Waals surface area contributed by atoms with Gasteiger partial charge in [-0.3, -0.25) is 0 Å². The summed E-state index contributed by atoms with van der Waals surface area (Å²) in [5.74, 6) is -0.251. The van der Waals surface area contributed by atoms with Crippen LogP contribution in [-0.2, 0) is 25.6 Å². The van der Waals surface area contributed by atoms with Crippen molar-refractivity contribution in [2.75, 3.05) is 13.1 Å². The molecule has 0 amide bonds. The Balaban J connectivity index is 1.83. The lowest BCUT2D eigenvalue weighted by atomic mass is 10.4. The molecule has 1 aromatic carbocycles. The maximum atomic E-state index is 12.4. The summed E-state index contributed by atoms with van der Waals surface area (Å²) in [7, 11) is -7.23. The standard InChI is InChI=1S/C15H17NO5S2/c17-22(18,14-6-2-1-3-7-14)12-13-8-9-15(21-13)23(19,20)16-10-4-5-11-16/h1-3,6-9H,4-5,10-12H2. The molecule has 6 nitrogen and oxygen atoms in total. The van der Waals surface area contributed by atoms with E-state index in [0.717, 1.165) is 12.8 Å². The van der Waals surface area contributed by atoms with Crippen LogP contribution >= 0.6 is 0 Å². The molecule has 8 heteroatoms. The van der Waals surface area contributed by atoms with Crippen molar-refractivity contribution in [1.29, 1.82) is 0 Å². The number of nitrogens with zero attached hydrogens (tertiary/aromatic N) is 1. The summed E-state index contributed by atoms with van der Waals surface area (Å²) in [5, 5.41) is -0.197. The monoisotopic (exact) mass is 355 g/mol. The lowest BCUT2D eigenvalue weighted by Crippen LogP contribution is -2.27. The highest BCUT2D eigenvalue weighted by molar-refractivity contribution is 7.90. The Morgan fingerprint density at radius 1 is 0.913 bits per heavy atom. The molecule has 1 fully saturated rings. The van der Waals surface area contributed by atoms with E-state index >= 15 is 0 Å². The average molecular weight is 355 g/mol. The van der Waals surface area contributed by atoms with Crippen LogP contribution in [0, 0.1) is 0 Å². The van der Waals surface area contributed by atoms with Crippen molar-refractivity contribution < 1.29 is 21.3 Å². The van der Waals surface area contributed by atoms with Crippen molar-refractivity contribution in [2.45, 2.75) is 28.6 Å². The van der Waals surface area contributed by atoms with E-state index in [1.165, 1.54) is 28.6 Å². The van der Waals surface area contributed by atoms with Gasteiger partial charge in [-0.05, 0) is 37.1 Å². The highest BCUT2D eigenvalue weighted by Crippen LogP contribution is 2.24. The second-order valence-electron chi connectivity index (χ2n) is 5.40. The van der Waals surface area contributed by atoms with Gasteiger partial charge in [-0.15, -0.1) is 0 Å². The molecular weight excluding hydrogens is 338 g/mol. The van der Waals surface area contributed by atoms with Crippen molar-refractivity contribution in [1.82, 2.24) is 4.31 Å². The average Bonchev–Trinajstić information content (AvgIpc) is 3.19. The first-order valence-electron chi connectivity index (χ1n) is 7.26. The molecule has 0 saturated carbocycles. The van der Waals surface area contributed by atoms with E-state index in [9.17, 15) is 16.8 Å². The van der Waals surface area contributed by atoms with Crippen molar-refractivity contribution in [2.24, 2.45) is 0 Å². The molecule has 2 heterocycles. The molecule has 0 radical (unpaired) electrons. The maximum Gasteiger partial charge on any atom is 0.276 e. The lowest BCUT2D eigenvalue weighted by Gasteiger charge is -2.12. The quantitative estimate of drug-likeness (QED) is 0.819. The highest BCUT2D eigenvalue weighted by Gasteiger charge is 2.30. The molecule has 0 N–H and O–H groups in total. The van der Waals surface area contributed by atoms with Gasteiger partial charge >= 0.3 is 0 Å². The second kappa shape index (κ2) is 6.10. The maximum absolute atomic E-state index is 12.4. The molecule has 1 aliphatic heterocycles. The van der Waals surface area contributed by atoms with Crippen LogP contribution < -0.4 is 0 Å². The van der Waals surface area contributed by atoms with Crippen LogP contribution in [0.5, 0.6) is 0 Å². The van der Waals surface area contributed by atoms with Crippen LogP contribution in [0.1, 0.15) is 18.6 Å². The highest BCUT2D eigenvalue weighted by atomic mass is 32.2. The molecular formula is C15H17NO5S2. The Bertz CT molecular complexity index is 879. The smallest absolute Gasteiger partial charge is 0.276 e. The summed E-state index contributed by atoms with van der Waals surface area (Å²) in [6.45, 7) is 0.946. The second-order valence-corrected chi connectivity index (χ2v) is 9.26. The Hall–Kier alpha value is -1.64. The number of hydrogen-bond donors (Lipinski definition) is 0. The molecule has 1 saturated heterocycles. The third-order valence-corrected chi connectivity index (χ3v) is 7.16. The van der Waals surface area contributed by atoms with Gasteiger partial charge in [0.25, 0.3) is 10.0 Å². The van der Waals surface area contributed by atoms with Crippen molar-refractivity contribution in [3.63, 3.8) is 0 Å². The molecule has 3 rings (SSSR count). The number of benzene rings is 1. The number of hydrogen-bond acceptors (Lipinski definition) is 5. The van der Waals surface area contributed by atoms with Crippen molar-refractivity contribution >= 4 is 19.9 Å². The van der Waals surface area contributed by atoms with Gasteiger partial charge in [0.2, 0.25) is 5.09 Å². The van der Waals surface area contributed by atoms with E-state index in [0.29, 0.717) is 13.1 Å². The van der Waals surface area contributed by atoms with Crippen LogP contribution in [0.25, 0.3) is 0 Å². The van der Waals surface area contributed by atoms with E-state index in [1.807, 2.05) is 0 Å². The zero-order chi connectivity index (χ0) is 16.5. The molecule has 1 aromatic heterocycles. The predicted octanol–water partition coefficient (Wildman–Crippen LogP) is 2.04. The van der Waals surface area contributed by atoms with Crippen LogP contribution in [0.2, 0.25) is 0 Å². The Labute approximate surface area is 135 Å². The zero-order valence-electron chi connectivity index (χ0n) is 12.4. The minimum atomic E-state index is -3.67. The molecule has 1 aliphatic rings. The Kier molecular flexibility index (Phi) is 4.31. The minimum Gasteiger partial charge on any atom is -0.447 e. The molecule has 0 bridgehead atoms. The van der Waals surface area contributed by atoms with Gasteiger partial charge < -0.3 is 4.42 Å². The van der Waals surface area contributed by atoms with E-state index < -0.39 is 19.9 Å². The normalized spacial score (nSPS) is 16.7. The van der Waals surface area contributed by atoms with Crippen LogP contribution in [0.15, 0.2) is 56.9 Å². The van der Waals surface area contributed by atoms with E-state index in [2.05, 4.69) is 0 Å². The first-order chi connectivity index (χ1) is 10.9. The van der Waals surface area contributed by atoms with Gasteiger partial charge in [-0.2, -0.15) is 4.31 Å². The summed E-state index contributed by atoms with van der Waals surface area (Å²) in [6, 6.07) is 10.7. The van der Waals surface area contributed by atoms with Gasteiger partial charge in [0, 0.05) is 13.1 Å². The van der Waals surface area contributed by atoms with Gasteiger partial charge in [0.15, 0.2) is 9.84 Å². The first kappa shape index (κ1) is 16.2. The van der Waals surface area contributed by atoms with Gasteiger partial charge in [0.05, 0.1) is 4.90 Å². The third kappa shape index (κ3) is 3.34. The molecule has 0 unspecified atom stereocenters. The lowest BCUT2D eigenvalue weighted by molar-refractivity contribution is 0.395. The fraction of sp³-hybridized carbons (Fsp3) is 0.333. The summed E-state index contributed by atoms with van der Waals surface area (Å²) >= 11 is 0. The molecule has 124 valence electrons. The summed E-state index contributed by atoms with van der Waals surface area (Å²) in [5.41, 5.74) is 0. The van der Waals surface area contributed by atoms with Crippen LogP contribution in [0.3, 0.4) is 0 Å². The SMILES string of the molecule is O=S(=O)(Cc1ccc(S(=O)(=O)N2CCCC2)o1)c1ccccc1. The van der Waals surface area contributed by atoms with Gasteiger partial charge in [-0.1, -0.05) is 18.2 Å². The fourth-order valence-electron chi connectivity index (χ4n) is 2.53. The van der Waals surface area contributed by atoms with Crippen molar-refractivity contribution in [3.8, 4) is 0 Å². The Morgan fingerprint density at radius 3 is 2.22 bits per heavy atom. The third-order valence-electron chi connectivity index (χ3n) is 3.73. The zero-order valence-corrected chi connectivity index (χ0v) is 14.0. The summed E-state index contributed by atoms with van der Waals surface area (Å²) < 4.78 is 56.0. The van der Waals surface area contributed by atoms with Crippen LogP contribution in [-0.4, -0.2) is 34.2 Å². The molecule has 23 heavy (non-hydrogen) atoms. The Morgan fingerprint density at radius 2 is 1.57 bits per heavy atom. The number of furan rings is 1. The topological polar surface area (TPSA) is 84.7 Å². The summed E-state index contributed by atoms with van der Waals surface area (Å²) in [6.07, 6.45) is 1.66. The van der Waals surface area contributed by atoms with Gasteiger partial charge in [0.1, 0.15) is 11.5 Å². The summed E-state index contributed by atoms with van der Waals surface area (Å²) in [4.78, 5) is 0.181. The fourth-order valence-corrected chi connectivity index (χ4v) is 5.24. The van der Waals surface area contributed by atoms with Crippen molar-refractivity contribution in [3.05, 3.63) is 48.2 Å². The number of sulfone groups is 1. The number of rotatable bonds is 5. The largest absolute Gasteiger partial charge is 0.447 e. The van der Waals surface area contributed by atoms with E-state index in [1.54, 1.807) is 18.2 Å². The number of sulfonamides is 1. The molecule has 2 aromatic rings. The van der Waals surface area contributed by atoms with E-state index in [-0.39, 0.29) is 21.5 Å². The first-order valence-corrected chi connectivity index (χ1v) is 10.4. The van der Waals surface area contributed by atoms with Gasteiger partial charge in [-0.25, -0.2) is 16.8 Å². The predicted molar refractivity (Wildman–Crippen MR) is 84.0 cm³/mol. The van der Waals surface area contributed by atoms with Crippen LogP contribution in [0.4, 0.5) is 0 Å². The van der Waals surface area contributed by atoms with E-state index in [4.69, 9.17) is 4.42 Å². The molecule has 0 spiro atoms. The minimum absolute atomic E-state index is 0.117.